The van der Waals surface area contributed by atoms with E-state index in [1.165, 1.54) is 0 Å². The molecule has 4 heteroatoms. The van der Waals surface area contributed by atoms with Crippen LogP contribution >= 0.6 is 23.0 Å². The zero-order valence-electron chi connectivity index (χ0n) is 6.26. The summed E-state index contributed by atoms with van der Waals surface area (Å²) in [5.74, 6) is -0.184. The molecule has 3 nitrogen and oxygen atoms in total. The number of halogens is 1. The highest BCUT2D eigenvalue weighted by Crippen LogP contribution is 1.91. The number of nitrogens with zero attached hydrogens (tertiary/aromatic N) is 1. The Labute approximate surface area is 75.4 Å². The SMILES string of the molecule is CCCN(C)CC(=O)OI. The van der Waals surface area contributed by atoms with E-state index in [1.54, 1.807) is 23.0 Å². The number of hydrogen-bond acceptors (Lipinski definition) is 3. The third-order valence-corrected chi connectivity index (χ3v) is 1.58. The molecular formula is C6H12INO2. The summed E-state index contributed by atoms with van der Waals surface area (Å²) in [5, 5.41) is 0. The van der Waals surface area contributed by atoms with E-state index < -0.39 is 0 Å². The van der Waals surface area contributed by atoms with Gasteiger partial charge in [-0.3, -0.25) is 4.90 Å². The van der Waals surface area contributed by atoms with E-state index in [-0.39, 0.29) is 5.97 Å². The molecule has 0 aromatic carbocycles. The lowest BCUT2D eigenvalue weighted by Crippen LogP contribution is -2.26. The Balaban J connectivity index is 3.37. The van der Waals surface area contributed by atoms with Crippen LogP contribution < -0.4 is 0 Å². The fourth-order valence-corrected chi connectivity index (χ4v) is 0.845. The molecule has 0 aliphatic rings. The zero-order chi connectivity index (χ0) is 7.98. The summed E-state index contributed by atoms with van der Waals surface area (Å²) in [5.41, 5.74) is 0. The highest BCUT2D eigenvalue weighted by atomic mass is 127. The molecule has 0 saturated carbocycles. The van der Waals surface area contributed by atoms with Crippen LogP contribution in [0, 0.1) is 0 Å². The molecule has 0 aromatic rings. The van der Waals surface area contributed by atoms with Gasteiger partial charge < -0.3 is 3.07 Å². The summed E-state index contributed by atoms with van der Waals surface area (Å²) in [6.45, 7) is 3.40. The summed E-state index contributed by atoms with van der Waals surface area (Å²) in [6.07, 6.45) is 1.06. The smallest absolute Gasteiger partial charge is 0.329 e. The van der Waals surface area contributed by atoms with E-state index in [0.717, 1.165) is 13.0 Å². The second-order valence-electron chi connectivity index (χ2n) is 2.19. The minimum absolute atomic E-state index is 0.184. The quantitative estimate of drug-likeness (QED) is 0.709. The van der Waals surface area contributed by atoms with E-state index in [4.69, 9.17) is 0 Å². The summed E-state index contributed by atoms with van der Waals surface area (Å²) >= 11 is 1.60. The van der Waals surface area contributed by atoms with Crippen LogP contribution in [0.4, 0.5) is 0 Å². The second-order valence-corrected chi connectivity index (χ2v) is 2.63. The Morgan fingerprint density at radius 1 is 1.70 bits per heavy atom. The van der Waals surface area contributed by atoms with Gasteiger partial charge in [0.25, 0.3) is 0 Å². The van der Waals surface area contributed by atoms with Crippen LogP contribution in [0.15, 0.2) is 0 Å². The van der Waals surface area contributed by atoms with Crippen molar-refractivity contribution in [3.63, 3.8) is 0 Å². The first-order valence-electron chi connectivity index (χ1n) is 3.20. The van der Waals surface area contributed by atoms with Crippen molar-refractivity contribution in [1.82, 2.24) is 4.90 Å². The summed E-state index contributed by atoms with van der Waals surface area (Å²) in [6, 6.07) is 0. The maximum atomic E-state index is 10.6. The molecule has 0 aliphatic heterocycles. The van der Waals surface area contributed by atoms with Crippen molar-refractivity contribution in [3.05, 3.63) is 0 Å². The van der Waals surface area contributed by atoms with Gasteiger partial charge in [-0.2, -0.15) is 0 Å². The predicted octanol–water partition coefficient (Wildman–Crippen LogP) is 1.22. The van der Waals surface area contributed by atoms with Crippen LogP contribution in [0.2, 0.25) is 0 Å². The third-order valence-electron chi connectivity index (χ3n) is 1.09. The van der Waals surface area contributed by atoms with Crippen molar-refractivity contribution >= 4 is 29.0 Å². The van der Waals surface area contributed by atoms with Crippen LogP contribution in [-0.4, -0.2) is 31.0 Å². The fourth-order valence-electron chi connectivity index (χ4n) is 0.706. The molecule has 0 N–H and O–H groups in total. The van der Waals surface area contributed by atoms with Gasteiger partial charge in [0, 0.05) is 0 Å². The molecule has 0 bridgehead atoms. The largest absolute Gasteiger partial charge is 0.394 e. The minimum atomic E-state index is -0.184. The molecule has 10 heavy (non-hydrogen) atoms. The molecule has 0 fully saturated rings. The van der Waals surface area contributed by atoms with Crippen molar-refractivity contribution in [2.24, 2.45) is 0 Å². The average molecular weight is 257 g/mol. The first-order chi connectivity index (χ1) is 4.70. The highest BCUT2D eigenvalue weighted by molar-refractivity contribution is 14.1. The predicted molar refractivity (Wildman–Crippen MR) is 47.9 cm³/mol. The van der Waals surface area contributed by atoms with Crippen molar-refractivity contribution < 1.29 is 7.86 Å². The summed E-state index contributed by atoms with van der Waals surface area (Å²) in [4.78, 5) is 12.6. The molecular weight excluding hydrogens is 245 g/mol. The monoisotopic (exact) mass is 257 g/mol. The van der Waals surface area contributed by atoms with Crippen molar-refractivity contribution in [3.8, 4) is 0 Å². The van der Waals surface area contributed by atoms with Gasteiger partial charge in [0.15, 0.2) is 23.0 Å². The normalized spacial score (nSPS) is 10.0. The maximum Gasteiger partial charge on any atom is 0.329 e. The van der Waals surface area contributed by atoms with Gasteiger partial charge in [-0.05, 0) is 20.0 Å². The zero-order valence-corrected chi connectivity index (χ0v) is 8.42. The summed E-state index contributed by atoms with van der Waals surface area (Å²) in [7, 11) is 1.90. The van der Waals surface area contributed by atoms with Gasteiger partial charge in [0.2, 0.25) is 0 Å². The molecule has 0 unspecified atom stereocenters. The Kier molecular flexibility index (Phi) is 6.00. The number of carbonyl (C=O) groups is 1. The number of likely N-dealkylation sites (N-methyl/N-ethyl adjacent to an activating group) is 1. The van der Waals surface area contributed by atoms with E-state index in [1.807, 2.05) is 11.9 Å². The van der Waals surface area contributed by atoms with Gasteiger partial charge >= 0.3 is 5.97 Å². The van der Waals surface area contributed by atoms with Crippen LogP contribution in [0.5, 0.6) is 0 Å². The second kappa shape index (κ2) is 5.91. The number of hydrogen-bond donors (Lipinski definition) is 0. The molecule has 60 valence electrons. The lowest BCUT2D eigenvalue weighted by molar-refractivity contribution is -0.132. The third kappa shape index (κ3) is 4.99. The van der Waals surface area contributed by atoms with Crippen LogP contribution in [0.1, 0.15) is 13.3 Å². The van der Waals surface area contributed by atoms with Crippen molar-refractivity contribution in [2.75, 3.05) is 20.1 Å². The molecule has 0 amide bonds. The number of carbonyl (C=O) groups excluding carboxylic acids is 1. The number of rotatable bonds is 4. The maximum absolute atomic E-state index is 10.6. The first-order valence-corrected chi connectivity index (χ1v) is 4.08. The molecule has 0 atom stereocenters. The molecule has 0 rings (SSSR count). The molecule has 0 radical (unpaired) electrons. The van der Waals surface area contributed by atoms with Crippen LogP contribution in [0.25, 0.3) is 0 Å². The fraction of sp³-hybridized carbons (Fsp3) is 0.833. The van der Waals surface area contributed by atoms with E-state index >= 15 is 0 Å². The lowest BCUT2D eigenvalue weighted by atomic mass is 10.4. The Bertz CT molecular complexity index is 108. The standard InChI is InChI=1S/C6H12INO2/c1-3-4-8(2)5-6(9)10-7/h3-5H2,1-2H3. The van der Waals surface area contributed by atoms with E-state index in [9.17, 15) is 4.79 Å². The van der Waals surface area contributed by atoms with Crippen LogP contribution in [0.3, 0.4) is 0 Å². The Morgan fingerprint density at radius 3 is 2.70 bits per heavy atom. The van der Waals surface area contributed by atoms with E-state index in [0.29, 0.717) is 6.54 Å². The molecule has 0 spiro atoms. The van der Waals surface area contributed by atoms with Gasteiger partial charge in [-0.15, -0.1) is 0 Å². The van der Waals surface area contributed by atoms with Crippen molar-refractivity contribution in [2.45, 2.75) is 13.3 Å². The van der Waals surface area contributed by atoms with Gasteiger partial charge in [-0.25, -0.2) is 4.79 Å². The first kappa shape index (κ1) is 10.2. The lowest BCUT2D eigenvalue weighted by Gasteiger charge is -2.11. The Morgan fingerprint density at radius 2 is 2.30 bits per heavy atom. The topological polar surface area (TPSA) is 29.5 Å². The molecule has 0 aliphatic carbocycles. The Hall–Kier alpha value is 0.160. The van der Waals surface area contributed by atoms with Crippen molar-refractivity contribution in [1.29, 1.82) is 0 Å². The van der Waals surface area contributed by atoms with Gasteiger partial charge in [0.05, 0.1) is 6.54 Å². The minimum Gasteiger partial charge on any atom is -0.394 e. The highest BCUT2D eigenvalue weighted by Gasteiger charge is 2.04. The van der Waals surface area contributed by atoms with Gasteiger partial charge in [-0.1, -0.05) is 6.92 Å². The van der Waals surface area contributed by atoms with Gasteiger partial charge in [0.1, 0.15) is 0 Å². The van der Waals surface area contributed by atoms with Crippen LogP contribution in [-0.2, 0) is 7.86 Å². The molecule has 0 heterocycles. The van der Waals surface area contributed by atoms with E-state index in [2.05, 4.69) is 9.99 Å². The summed E-state index contributed by atoms with van der Waals surface area (Å²) < 4.78 is 4.46. The molecule has 0 saturated heterocycles. The average Bonchev–Trinajstić information content (AvgIpc) is 1.88. The molecule has 0 aromatic heterocycles.